The molecule has 2 heterocycles. The topological polar surface area (TPSA) is 93.1 Å². The predicted molar refractivity (Wildman–Crippen MR) is 148 cm³/mol. The van der Waals surface area contributed by atoms with E-state index in [1.807, 2.05) is 45.9 Å². The predicted octanol–water partition coefficient (Wildman–Crippen LogP) is 6.45. The number of allylic oxidation sites excluding steroid dienone is 1. The van der Waals surface area contributed by atoms with Crippen LogP contribution in [0.15, 0.2) is 71.1 Å². The summed E-state index contributed by atoms with van der Waals surface area (Å²) in [6.45, 7) is 0.114. The number of thiophene rings is 1. The number of aromatic nitrogens is 2. The summed E-state index contributed by atoms with van der Waals surface area (Å²) in [6, 6.07) is 14.5. The average Bonchev–Trinajstić information content (AvgIpc) is 3.48. The lowest BCUT2D eigenvalue weighted by molar-refractivity contribution is 0.247. The first-order valence-electron chi connectivity index (χ1n) is 11.6. The lowest BCUT2D eigenvalue weighted by atomic mass is 9.92. The Morgan fingerprint density at radius 3 is 2.63 bits per heavy atom. The quantitative estimate of drug-likeness (QED) is 0.270. The summed E-state index contributed by atoms with van der Waals surface area (Å²) in [7, 11) is -4.10. The molecule has 196 valence electrons. The largest absolute Gasteiger partial charge is 0.334 e. The fourth-order valence-electron chi connectivity index (χ4n) is 4.28. The van der Waals surface area contributed by atoms with E-state index in [1.54, 1.807) is 12.1 Å². The van der Waals surface area contributed by atoms with Crippen molar-refractivity contribution in [1.29, 1.82) is 0 Å². The fraction of sp³-hybridized carbons (Fsp3) is 0.154. The minimum absolute atomic E-state index is 0.107. The maximum absolute atomic E-state index is 13.4. The number of aryl methyl sites for hydroxylation is 1. The molecule has 2 aromatic carbocycles. The summed E-state index contributed by atoms with van der Waals surface area (Å²) in [4.78, 5) is 12.3. The summed E-state index contributed by atoms with van der Waals surface area (Å²) in [5, 5.41) is 7.29. The molecule has 0 aliphatic heterocycles. The number of hydrogen-bond donors (Lipinski definition) is 2. The Hall–Kier alpha value is -3.18. The van der Waals surface area contributed by atoms with Gasteiger partial charge in [0.2, 0.25) is 0 Å². The third-order valence-electron chi connectivity index (χ3n) is 6.04. The van der Waals surface area contributed by atoms with E-state index in [9.17, 15) is 17.6 Å². The van der Waals surface area contributed by atoms with E-state index in [0.717, 1.165) is 64.2 Å². The summed E-state index contributed by atoms with van der Waals surface area (Å²) >= 11 is 12.4. The van der Waals surface area contributed by atoms with Gasteiger partial charge in [0.1, 0.15) is 14.4 Å². The summed E-state index contributed by atoms with van der Waals surface area (Å²) < 4.78 is 42.0. The normalized spacial score (nSPS) is 14.3. The first kappa shape index (κ1) is 26.4. The number of amides is 2. The molecule has 12 heteroatoms. The van der Waals surface area contributed by atoms with Gasteiger partial charge in [0, 0.05) is 6.54 Å². The van der Waals surface area contributed by atoms with Crippen molar-refractivity contribution in [1.82, 2.24) is 19.8 Å². The van der Waals surface area contributed by atoms with Crippen molar-refractivity contribution in [2.75, 3.05) is 6.54 Å². The highest BCUT2D eigenvalue weighted by Gasteiger charge is 2.23. The molecule has 5 rings (SSSR count). The molecule has 0 fully saturated rings. The van der Waals surface area contributed by atoms with E-state index in [0.29, 0.717) is 0 Å². The third kappa shape index (κ3) is 5.63. The van der Waals surface area contributed by atoms with Crippen molar-refractivity contribution in [3.63, 3.8) is 0 Å². The van der Waals surface area contributed by atoms with Crippen LogP contribution in [0.2, 0.25) is 9.36 Å². The van der Waals surface area contributed by atoms with Gasteiger partial charge in [-0.1, -0.05) is 53.5 Å². The van der Waals surface area contributed by atoms with E-state index in [4.69, 9.17) is 23.2 Å². The van der Waals surface area contributed by atoms with Gasteiger partial charge in [0.15, 0.2) is 0 Å². The van der Waals surface area contributed by atoms with Crippen LogP contribution >= 0.6 is 34.5 Å². The van der Waals surface area contributed by atoms with Crippen molar-refractivity contribution >= 4 is 56.2 Å². The minimum atomic E-state index is -4.10. The standard InChI is InChI=1S/C26H21Cl2FN4O3S2/c27-22-14-23(37-25(22)28)38(35,36)32-26(34)30-12-11-17-3-1-5-19-15-31-33(24(17)19)21-6-2-4-18(13-21)16-7-9-20(29)10-8-16/h2,4,6-11,13-15H,1,3,5,12H2,(H2,30,32,34)/b17-11+. The molecular weight excluding hydrogens is 570 g/mol. The van der Waals surface area contributed by atoms with Gasteiger partial charge < -0.3 is 5.32 Å². The van der Waals surface area contributed by atoms with E-state index in [-0.39, 0.29) is 25.9 Å². The molecule has 0 bridgehead atoms. The van der Waals surface area contributed by atoms with E-state index in [1.165, 1.54) is 18.2 Å². The molecule has 4 aromatic rings. The van der Waals surface area contributed by atoms with Crippen LogP contribution in [0.5, 0.6) is 0 Å². The molecule has 1 aliphatic carbocycles. The Morgan fingerprint density at radius 2 is 1.89 bits per heavy atom. The number of nitrogens with one attached hydrogen (secondary N) is 2. The van der Waals surface area contributed by atoms with Crippen LogP contribution in [0.25, 0.3) is 22.4 Å². The smallest absolute Gasteiger partial charge is 0.328 e. The number of urea groups is 1. The molecular formula is C26H21Cl2FN4O3S2. The molecule has 2 N–H and O–H groups in total. The zero-order chi connectivity index (χ0) is 26.9. The molecule has 2 amide bonds. The molecule has 2 aromatic heterocycles. The third-order valence-corrected chi connectivity index (χ3v) is 9.71. The van der Waals surface area contributed by atoms with Gasteiger partial charge in [-0.2, -0.15) is 5.10 Å². The maximum Gasteiger partial charge on any atom is 0.328 e. The molecule has 0 atom stereocenters. The van der Waals surface area contributed by atoms with Gasteiger partial charge in [0.25, 0.3) is 10.0 Å². The molecule has 0 unspecified atom stereocenters. The first-order chi connectivity index (χ1) is 18.2. The fourth-order valence-corrected chi connectivity index (χ4v) is 7.09. The van der Waals surface area contributed by atoms with Crippen LogP contribution in [0.4, 0.5) is 9.18 Å². The number of fused-ring (bicyclic) bond motifs is 1. The molecule has 38 heavy (non-hydrogen) atoms. The Labute approximate surface area is 233 Å². The Bertz CT molecular complexity index is 1630. The average molecular weight is 592 g/mol. The van der Waals surface area contributed by atoms with Gasteiger partial charge in [0.05, 0.1) is 22.6 Å². The van der Waals surface area contributed by atoms with Crippen molar-refractivity contribution in [2.45, 2.75) is 23.5 Å². The Balaban J connectivity index is 1.33. The molecule has 0 saturated carbocycles. The highest BCUT2D eigenvalue weighted by Crippen LogP contribution is 2.35. The molecule has 1 aliphatic rings. The number of hydrogen-bond acceptors (Lipinski definition) is 5. The van der Waals surface area contributed by atoms with Crippen LogP contribution in [0.3, 0.4) is 0 Å². The second kappa shape index (κ2) is 10.9. The summed E-state index contributed by atoms with van der Waals surface area (Å²) in [5.74, 6) is -0.291. The number of halogens is 3. The zero-order valence-electron chi connectivity index (χ0n) is 19.7. The number of carbonyl (C=O) groups is 1. The highest BCUT2D eigenvalue weighted by molar-refractivity contribution is 7.92. The lowest BCUT2D eigenvalue weighted by Gasteiger charge is -2.18. The van der Waals surface area contributed by atoms with E-state index < -0.39 is 16.1 Å². The van der Waals surface area contributed by atoms with Crippen LogP contribution in [0, 0.1) is 5.82 Å². The van der Waals surface area contributed by atoms with Gasteiger partial charge >= 0.3 is 6.03 Å². The number of rotatable bonds is 6. The molecule has 0 radical (unpaired) electrons. The second-order valence-electron chi connectivity index (χ2n) is 8.57. The molecule has 7 nitrogen and oxygen atoms in total. The van der Waals surface area contributed by atoms with Crippen LogP contribution in [0.1, 0.15) is 24.1 Å². The highest BCUT2D eigenvalue weighted by atomic mass is 35.5. The van der Waals surface area contributed by atoms with Gasteiger partial charge in [-0.25, -0.2) is 27.0 Å². The van der Waals surface area contributed by atoms with Gasteiger partial charge in [-0.15, -0.1) is 11.3 Å². The maximum atomic E-state index is 13.4. The van der Waals surface area contributed by atoms with Gasteiger partial charge in [-0.3, -0.25) is 0 Å². The monoisotopic (exact) mass is 590 g/mol. The van der Waals surface area contributed by atoms with Gasteiger partial charge in [-0.05, 0) is 71.9 Å². The van der Waals surface area contributed by atoms with Crippen molar-refractivity contribution in [3.8, 4) is 16.8 Å². The van der Waals surface area contributed by atoms with Crippen molar-refractivity contribution < 1.29 is 17.6 Å². The van der Waals surface area contributed by atoms with E-state index >= 15 is 0 Å². The summed E-state index contributed by atoms with van der Waals surface area (Å²) in [6.07, 6.45) is 6.30. The van der Waals surface area contributed by atoms with Crippen LogP contribution < -0.4 is 10.0 Å². The van der Waals surface area contributed by atoms with Crippen LogP contribution in [-0.4, -0.2) is 30.8 Å². The van der Waals surface area contributed by atoms with Crippen LogP contribution in [-0.2, 0) is 16.4 Å². The first-order valence-corrected chi connectivity index (χ1v) is 14.6. The second-order valence-corrected chi connectivity index (χ2v) is 12.5. The van der Waals surface area contributed by atoms with Crippen molar-refractivity contribution in [2.24, 2.45) is 0 Å². The number of sulfonamides is 1. The van der Waals surface area contributed by atoms with Crippen molar-refractivity contribution in [3.05, 3.63) is 93.3 Å². The lowest BCUT2D eigenvalue weighted by Crippen LogP contribution is -2.39. The SMILES string of the molecule is O=C(NC/C=C1\CCCc2cnn(-c3cccc(-c4ccc(F)cc4)c3)c21)NS(=O)(=O)c1cc(Cl)c(Cl)s1. The zero-order valence-corrected chi connectivity index (χ0v) is 22.9. The Kier molecular flexibility index (Phi) is 7.58. The molecule has 0 saturated heterocycles. The minimum Gasteiger partial charge on any atom is -0.334 e. The molecule has 0 spiro atoms. The Morgan fingerprint density at radius 1 is 1.11 bits per heavy atom. The number of benzene rings is 2. The number of nitrogens with zero attached hydrogens (tertiary/aromatic N) is 2. The summed E-state index contributed by atoms with van der Waals surface area (Å²) in [5.41, 5.74) is 5.71. The van der Waals surface area contributed by atoms with E-state index in [2.05, 4.69) is 10.4 Å². The number of carbonyl (C=O) groups excluding carboxylic acids is 1.